The third kappa shape index (κ3) is 9.67. The van der Waals surface area contributed by atoms with Crippen molar-refractivity contribution in [2.24, 2.45) is 5.22 Å². The van der Waals surface area contributed by atoms with Crippen LogP contribution in [0.3, 0.4) is 0 Å². The summed E-state index contributed by atoms with van der Waals surface area (Å²) >= 11 is 1.20. The number of thioether (sulfide) groups is 1. The van der Waals surface area contributed by atoms with E-state index in [2.05, 4.69) is 5.22 Å². The number of rotatable bonds is 11. The predicted molar refractivity (Wildman–Crippen MR) is 108 cm³/mol. The van der Waals surface area contributed by atoms with Crippen molar-refractivity contribution in [1.82, 2.24) is 0 Å². The molecule has 1 rings (SSSR count). The first-order chi connectivity index (χ1) is 13.3. The molecule has 28 heavy (non-hydrogen) atoms. The van der Waals surface area contributed by atoms with Crippen LogP contribution in [-0.4, -0.2) is 56.0 Å². The van der Waals surface area contributed by atoms with E-state index in [0.29, 0.717) is 37.9 Å². The van der Waals surface area contributed by atoms with Crippen LogP contribution in [0.1, 0.15) is 20.8 Å². The van der Waals surface area contributed by atoms with Crippen LogP contribution < -0.4 is 9.75 Å². The molecule has 1 aromatic rings. The van der Waals surface area contributed by atoms with Gasteiger partial charge in [0.15, 0.2) is 5.17 Å². The van der Waals surface area contributed by atoms with Crippen LogP contribution in [0, 0.1) is 10.9 Å². The zero-order chi connectivity index (χ0) is 21.0. The molecule has 0 aliphatic heterocycles. The van der Waals surface area contributed by atoms with Crippen molar-refractivity contribution in [1.29, 1.82) is 10.9 Å². The van der Waals surface area contributed by atoms with Gasteiger partial charge in [-0.1, -0.05) is 17.0 Å². The summed E-state index contributed by atoms with van der Waals surface area (Å²) in [6, 6.07) is 6.93. The molecule has 156 valence electrons. The predicted octanol–water partition coefficient (Wildman–Crippen LogP) is 3.49. The van der Waals surface area contributed by atoms with Gasteiger partial charge in [0.1, 0.15) is 24.6 Å². The Morgan fingerprint density at radius 1 is 1.11 bits per heavy atom. The second kappa shape index (κ2) is 12.3. The minimum absolute atomic E-state index is 0.0981. The number of hydrogen-bond donors (Lipinski definition) is 2. The van der Waals surface area contributed by atoms with Crippen LogP contribution in [-0.2, 0) is 19.0 Å². The van der Waals surface area contributed by atoms with Crippen LogP contribution in [0.4, 0.5) is 5.69 Å². The Morgan fingerprint density at radius 2 is 1.71 bits per heavy atom. The van der Waals surface area contributed by atoms with Gasteiger partial charge in [-0.2, -0.15) is 10.5 Å². The van der Waals surface area contributed by atoms with Crippen LogP contribution in [0.25, 0.3) is 0 Å². The highest BCUT2D eigenvalue weighted by Gasteiger charge is 2.15. The van der Waals surface area contributed by atoms with E-state index in [4.69, 9.17) is 29.9 Å². The van der Waals surface area contributed by atoms with E-state index in [-0.39, 0.29) is 11.8 Å². The largest absolute Gasteiger partial charge is 0.491 e. The Kier molecular flexibility index (Phi) is 10.5. The van der Waals surface area contributed by atoms with E-state index >= 15 is 0 Å². The topological polar surface area (TPSA) is 117 Å². The van der Waals surface area contributed by atoms with E-state index in [1.807, 2.05) is 0 Å². The molecule has 0 fully saturated rings. The monoisotopic (exact) mass is 412 g/mol. The summed E-state index contributed by atoms with van der Waals surface area (Å²) < 4.78 is 21.3. The lowest BCUT2D eigenvalue weighted by atomic mass is 10.2. The van der Waals surface area contributed by atoms with Crippen molar-refractivity contribution < 1.29 is 23.7 Å². The molecule has 0 saturated heterocycles. The number of anilines is 1. The van der Waals surface area contributed by atoms with Crippen molar-refractivity contribution >= 4 is 28.6 Å². The highest BCUT2D eigenvalue weighted by atomic mass is 32.2. The average Bonchev–Trinajstić information content (AvgIpc) is 2.64. The summed E-state index contributed by atoms with van der Waals surface area (Å²) in [5.41, 5.74) is 7.26. The minimum Gasteiger partial charge on any atom is -0.491 e. The first-order valence-corrected chi connectivity index (χ1v) is 9.89. The molecule has 0 heterocycles. The van der Waals surface area contributed by atoms with Crippen LogP contribution in [0.2, 0.25) is 0 Å². The molecule has 10 heteroatoms. The molecule has 0 saturated carbocycles. The standard InChI is InChI=1S/C18H28N4O5S/c1-18(2,3)27-16(23)13-25-10-9-24-11-12-26-15-7-5-14(6-8-15)22(21-20)17(19)28-4/h5-8,19-20H,9-13H2,1-4H3. The molecule has 0 radical (unpaired) electrons. The zero-order valence-corrected chi connectivity index (χ0v) is 17.5. The fourth-order valence-electron chi connectivity index (χ4n) is 1.96. The summed E-state index contributed by atoms with van der Waals surface area (Å²) in [5, 5.41) is 12.5. The number of carbonyl (C=O) groups is 1. The number of nitrogens with zero attached hydrogens (tertiary/aromatic N) is 2. The zero-order valence-electron chi connectivity index (χ0n) is 16.7. The molecule has 1 aromatic carbocycles. The van der Waals surface area contributed by atoms with Crippen molar-refractivity contribution in [3.63, 3.8) is 0 Å². The lowest BCUT2D eigenvalue weighted by Gasteiger charge is -2.19. The van der Waals surface area contributed by atoms with Gasteiger partial charge in [0.2, 0.25) is 0 Å². The molecule has 0 amide bonds. The fraction of sp³-hybridized carbons (Fsp3) is 0.556. The molecule has 2 N–H and O–H groups in total. The number of benzene rings is 1. The molecule has 0 bridgehead atoms. The summed E-state index contributed by atoms with van der Waals surface area (Å²) in [5.74, 6) is 0.248. The molecule has 0 unspecified atom stereocenters. The molecule has 0 aliphatic carbocycles. The molecule has 0 atom stereocenters. The number of nitrogens with one attached hydrogen (secondary N) is 2. The number of carbonyl (C=O) groups excluding carboxylic acids is 1. The van der Waals surface area contributed by atoms with Gasteiger partial charge >= 0.3 is 5.97 Å². The summed E-state index contributed by atoms with van der Waals surface area (Å²) in [6.45, 7) is 6.69. The van der Waals surface area contributed by atoms with E-state index in [9.17, 15) is 4.79 Å². The molecule has 9 nitrogen and oxygen atoms in total. The third-order valence-corrected chi connectivity index (χ3v) is 3.63. The van der Waals surface area contributed by atoms with E-state index in [0.717, 1.165) is 0 Å². The summed E-state index contributed by atoms with van der Waals surface area (Å²) in [7, 11) is 0. The van der Waals surface area contributed by atoms with Gasteiger partial charge in [-0.3, -0.25) is 5.41 Å². The van der Waals surface area contributed by atoms with Crippen molar-refractivity contribution in [2.75, 3.05) is 44.3 Å². The average molecular weight is 413 g/mol. The third-order valence-electron chi connectivity index (χ3n) is 3.08. The van der Waals surface area contributed by atoms with Gasteiger partial charge in [0.05, 0.1) is 25.5 Å². The Morgan fingerprint density at radius 3 is 2.29 bits per heavy atom. The Bertz CT molecular complexity index is 634. The van der Waals surface area contributed by atoms with E-state index < -0.39 is 11.6 Å². The smallest absolute Gasteiger partial charge is 0.332 e. The maximum Gasteiger partial charge on any atom is 0.332 e. The Hall–Kier alpha value is -2.17. The van der Waals surface area contributed by atoms with E-state index in [1.165, 1.54) is 16.8 Å². The highest BCUT2D eigenvalue weighted by Crippen LogP contribution is 2.22. The molecular weight excluding hydrogens is 384 g/mol. The van der Waals surface area contributed by atoms with Gasteiger partial charge in [-0.15, -0.1) is 0 Å². The van der Waals surface area contributed by atoms with Gasteiger partial charge in [-0.05, 0) is 51.3 Å². The normalized spacial score (nSPS) is 11.0. The first kappa shape index (κ1) is 23.9. The summed E-state index contributed by atoms with van der Waals surface area (Å²) in [6.07, 6.45) is 1.75. The molecule has 0 aliphatic rings. The van der Waals surface area contributed by atoms with Crippen molar-refractivity contribution in [3.05, 3.63) is 24.3 Å². The van der Waals surface area contributed by atoms with Gasteiger partial charge in [0, 0.05) is 0 Å². The van der Waals surface area contributed by atoms with Crippen LogP contribution in [0.5, 0.6) is 5.75 Å². The van der Waals surface area contributed by atoms with Crippen LogP contribution in [0.15, 0.2) is 29.5 Å². The first-order valence-electron chi connectivity index (χ1n) is 8.67. The second-order valence-corrected chi connectivity index (χ2v) is 7.31. The highest BCUT2D eigenvalue weighted by molar-refractivity contribution is 8.13. The summed E-state index contributed by atoms with van der Waals surface area (Å²) in [4.78, 5) is 11.5. The fourth-order valence-corrected chi connectivity index (χ4v) is 2.27. The minimum atomic E-state index is -0.516. The lowest BCUT2D eigenvalue weighted by molar-refractivity contribution is -0.160. The number of amidine groups is 1. The number of hydrogen-bond acceptors (Lipinski definition) is 9. The lowest BCUT2D eigenvalue weighted by Crippen LogP contribution is -2.27. The second-order valence-electron chi connectivity index (χ2n) is 6.51. The number of ether oxygens (including phenoxy) is 4. The quantitative estimate of drug-likeness (QED) is 0.143. The number of esters is 1. The maximum atomic E-state index is 11.5. The molecule has 0 spiro atoms. The van der Waals surface area contributed by atoms with Gasteiger partial charge in [0.25, 0.3) is 0 Å². The van der Waals surface area contributed by atoms with E-state index in [1.54, 1.807) is 51.3 Å². The van der Waals surface area contributed by atoms with Crippen molar-refractivity contribution in [2.45, 2.75) is 26.4 Å². The van der Waals surface area contributed by atoms with Gasteiger partial charge in [-0.25, -0.2) is 4.79 Å². The SMILES string of the molecule is CSC(=N)N(N=N)c1ccc(OCCOCCOCC(=O)OC(C)(C)C)cc1. The molecule has 0 aromatic heterocycles. The van der Waals surface area contributed by atoms with Gasteiger partial charge < -0.3 is 18.9 Å². The van der Waals surface area contributed by atoms with Crippen molar-refractivity contribution in [3.8, 4) is 5.75 Å². The Balaban J connectivity index is 2.17. The van der Waals surface area contributed by atoms with Crippen LogP contribution >= 0.6 is 11.8 Å². The molecular formula is C18H28N4O5S. The Labute approximate surface area is 169 Å². The maximum absolute atomic E-state index is 11.5.